The van der Waals surface area contributed by atoms with Gasteiger partial charge in [-0.05, 0) is 34.8 Å². The van der Waals surface area contributed by atoms with Crippen molar-refractivity contribution in [2.45, 2.75) is 42.2 Å². The predicted molar refractivity (Wildman–Crippen MR) is 109 cm³/mol. The van der Waals surface area contributed by atoms with Crippen LogP contribution in [0.25, 0.3) is 0 Å². The van der Waals surface area contributed by atoms with Crippen molar-refractivity contribution in [3.8, 4) is 5.88 Å². The fourth-order valence-electron chi connectivity index (χ4n) is 4.10. The predicted octanol–water partition coefficient (Wildman–Crippen LogP) is 2.04. The fraction of sp³-hybridized carbons (Fsp3) is 0.526. The number of aromatic nitrogens is 3. The molecule has 1 saturated carbocycles. The molecule has 4 heterocycles. The zero-order valence-corrected chi connectivity index (χ0v) is 18.2. The van der Waals surface area contributed by atoms with Gasteiger partial charge in [-0.25, -0.2) is 13.4 Å². The Morgan fingerprint density at radius 3 is 2.66 bits per heavy atom. The summed E-state index contributed by atoms with van der Waals surface area (Å²) in [5.74, 6) is 1.12. The molecule has 0 N–H and O–H groups in total. The zero-order chi connectivity index (χ0) is 20.0. The molecule has 1 aliphatic carbocycles. The highest BCUT2D eigenvalue weighted by Gasteiger charge is 2.41. The number of fused-ring (bicyclic) bond motifs is 1. The Hall–Kier alpha value is -1.62. The van der Waals surface area contributed by atoms with Crippen LogP contribution in [0.15, 0.2) is 40.2 Å². The monoisotopic (exact) mass is 479 g/mol. The minimum absolute atomic E-state index is 0.00346. The van der Waals surface area contributed by atoms with Crippen LogP contribution in [0.1, 0.15) is 30.9 Å². The molecule has 154 valence electrons. The van der Waals surface area contributed by atoms with Gasteiger partial charge in [-0.3, -0.25) is 14.9 Å². The minimum atomic E-state index is -3.56. The summed E-state index contributed by atoms with van der Waals surface area (Å²) >= 11 is 3.30. The molecule has 2 aliphatic heterocycles. The normalized spacial score (nSPS) is 25.7. The summed E-state index contributed by atoms with van der Waals surface area (Å²) in [7, 11) is -3.56. The van der Waals surface area contributed by atoms with E-state index in [0.29, 0.717) is 35.9 Å². The van der Waals surface area contributed by atoms with Crippen molar-refractivity contribution in [1.29, 1.82) is 0 Å². The van der Waals surface area contributed by atoms with Crippen LogP contribution in [0, 0.1) is 0 Å². The molecule has 0 amide bonds. The Labute approximate surface area is 178 Å². The second kappa shape index (κ2) is 7.57. The van der Waals surface area contributed by atoms with E-state index in [0.717, 1.165) is 18.7 Å². The Kier molecular flexibility index (Phi) is 5.05. The molecule has 2 aromatic heterocycles. The fourth-order valence-corrected chi connectivity index (χ4v) is 6.08. The highest BCUT2D eigenvalue weighted by Crippen LogP contribution is 2.38. The lowest BCUT2D eigenvalue weighted by atomic mass is 10.2. The number of rotatable bonds is 5. The first kappa shape index (κ1) is 19.3. The average Bonchev–Trinajstić information content (AvgIpc) is 3.48. The largest absolute Gasteiger partial charge is 0.472 e. The molecule has 2 aromatic rings. The maximum atomic E-state index is 13.0. The smallest absolute Gasteiger partial charge is 0.244 e. The van der Waals surface area contributed by atoms with Gasteiger partial charge in [0.25, 0.3) is 0 Å². The second-order valence-corrected chi connectivity index (χ2v) is 10.7. The summed E-state index contributed by atoms with van der Waals surface area (Å²) in [6.07, 6.45) is 9.67. The number of hydrogen-bond acceptors (Lipinski definition) is 7. The highest BCUT2D eigenvalue weighted by atomic mass is 79.9. The molecular weight excluding hydrogens is 458 g/mol. The van der Waals surface area contributed by atoms with Gasteiger partial charge in [0.1, 0.15) is 11.0 Å². The van der Waals surface area contributed by atoms with Crippen molar-refractivity contribution in [2.24, 2.45) is 0 Å². The van der Waals surface area contributed by atoms with Gasteiger partial charge >= 0.3 is 0 Å². The maximum absolute atomic E-state index is 13.0. The number of sulfonamides is 1. The van der Waals surface area contributed by atoms with E-state index in [1.807, 2.05) is 6.20 Å². The van der Waals surface area contributed by atoms with E-state index in [2.05, 4.69) is 35.8 Å². The molecule has 2 atom stereocenters. The molecule has 0 unspecified atom stereocenters. The first-order chi connectivity index (χ1) is 14.0. The number of pyridine rings is 1. The van der Waals surface area contributed by atoms with E-state index in [4.69, 9.17) is 4.74 Å². The van der Waals surface area contributed by atoms with Crippen LogP contribution in [-0.4, -0.2) is 70.9 Å². The van der Waals surface area contributed by atoms with E-state index in [1.165, 1.54) is 19.0 Å². The van der Waals surface area contributed by atoms with Gasteiger partial charge in [-0.2, -0.15) is 4.31 Å². The molecule has 2 saturated heterocycles. The third-order valence-electron chi connectivity index (χ3n) is 5.79. The van der Waals surface area contributed by atoms with Gasteiger partial charge < -0.3 is 4.74 Å². The topological polar surface area (TPSA) is 88.5 Å². The average molecular weight is 480 g/mol. The molecule has 5 rings (SSSR count). The second-order valence-electron chi connectivity index (χ2n) is 7.88. The number of halogens is 1. The summed E-state index contributed by atoms with van der Waals surface area (Å²) in [6, 6.07) is 1.74. The molecule has 0 bridgehead atoms. The van der Waals surface area contributed by atoms with Crippen LogP contribution in [0.5, 0.6) is 5.88 Å². The molecule has 3 fully saturated rings. The van der Waals surface area contributed by atoms with Crippen LogP contribution in [-0.2, 0) is 10.0 Å². The molecule has 0 spiro atoms. The molecule has 10 heteroatoms. The van der Waals surface area contributed by atoms with E-state index >= 15 is 0 Å². The lowest BCUT2D eigenvalue weighted by molar-refractivity contribution is 0.151. The van der Waals surface area contributed by atoms with Gasteiger partial charge in [0.2, 0.25) is 15.9 Å². The van der Waals surface area contributed by atoms with E-state index in [1.54, 1.807) is 22.8 Å². The minimum Gasteiger partial charge on any atom is -0.472 e. The third kappa shape index (κ3) is 4.03. The van der Waals surface area contributed by atoms with Crippen LogP contribution in [0.4, 0.5) is 0 Å². The summed E-state index contributed by atoms with van der Waals surface area (Å²) in [5.41, 5.74) is 1.05. The van der Waals surface area contributed by atoms with Gasteiger partial charge in [0.05, 0.1) is 18.1 Å². The third-order valence-corrected chi connectivity index (χ3v) is 8.05. The van der Waals surface area contributed by atoms with Crippen LogP contribution in [0.3, 0.4) is 0 Å². The molecule has 29 heavy (non-hydrogen) atoms. The van der Waals surface area contributed by atoms with Gasteiger partial charge in [-0.15, -0.1) is 0 Å². The maximum Gasteiger partial charge on any atom is 0.244 e. The molecule has 3 aliphatic rings. The Morgan fingerprint density at radius 2 is 1.93 bits per heavy atom. The van der Waals surface area contributed by atoms with Gasteiger partial charge in [0.15, 0.2) is 0 Å². The first-order valence-electron chi connectivity index (χ1n) is 9.82. The zero-order valence-electron chi connectivity index (χ0n) is 15.8. The van der Waals surface area contributed by atoms with Crippen molar-refractivity contribution >= 4 is 26.0 Å². The number of piperazine rings is 1. The van der Waals surface area contributed by atoms with Crippen molar-refractivity contribution in [3.63, 3.8) is 0 Å². The standard InChI is InChI=1S/C19H22BrN5O3S/c20-14-5-17(8-21-7-14)29(26,27)25-4-3-24-12-16(6-15(24)11-25)28-19-10-22-18(9-23-19)13-1-2-13/h5,7-10,13,15-16H,1-4,6,11-12H2/t15-,16-/m0/s1. The number of ether oxygens (including phenoxy) is 1. The van der Waals surface area contributed by atoms with Crippen molar-refractivity contribution in [1.82, 2.24) is 24.2 Å². The van der Waals surface area contributed by atoms with Gasteiger partial charge in [-0.1, -0.05) is 0 Å². The Bertz CT molecular complexity index is 999. The first-order valence-corrected chi connectivity index (χ1v) is 12.1. The number of hydrogen-bond donors (Lipinski definition) is 0. The van der Waals surface area contributed by atoms with Crippen molar-refractivity contribution in [3.05, 3.63) is 41.0 Å². The van der Waals surface area contributed by atoms with Crippen molar-refractivity contribution < 1.29 is 13.2 Å². The summed E-state index contributed by atoms with van der Waals surface area (Å²) in [6.45, 7) is 2.40. The lowest BCUT2D eigenvalue weighted by Crippen LogP contribution is -2.51. The van der Waals surface area contributed by atoms with E-state index < -0.39 is 10.0 Å². The molecule has 0 aromatic carbocycles. The van der Waals surface area contributed by atoms with E-state index in [-0.39, 0.29) is 17.0 Å². The van der Waals surface area contributed by atoms with Crippen molar-refractivity contribution in [2.75, 3.05) is 26.2 Å². The summed E-state index contributed by atoms with van der Waals surface area (Å²) < 4.78 is 34.2. The Balaban J connectivity index is 1.23. The van der Waals surface area contributed by atoms with Crippen LogP contribution >= 0.6 is 15.9 Å². The summed E-state index contributed by atoms with van der Waals surface area (Å²) in [4.78, 5) is 15.4. The van der Waals surface area contributed by atoms with Crippen LogP contribution < -0.4 is 4.74 Å². The Morgan fingerprint density at radius 1 is 1.07 bits per heavy atom. The highest BCUT2D eigenvalue weighted by molar-refractivity contribution is 9.10. The molecule has 0 radical (unpaired) electrons. The van der Waals surface area contributed by atoms with E-state index in [9.17, 15) is 8.42 Å². The SMILES string of the molecule is O=S(=O)(c1cncc(Br)c1)N1CCN2C[C@@H](Oc3cnc(C4CC4)cn3)C[C@H]2C1. The lowest BCUT2D eigenvalue weighted by Gasteiger charge is -2.36. The summed E-state index contributed by atoms with van der Waals surface area (Å²) in [5, 5.41) is 0. The van der Waals surface area contributed by atoms with Gasteiger partial charge in [0, 0.05) is 61.4 Å². The quantitative estimate of drug-likeness (QED) is 0.647. The number of nitrogens with zero attached hydrogens (tertiary/aromatic N) is 5. The van der Waals surface area contributed by atoms with Crippen LogP contribution in [0.2, 0.25) is 0 Å². The molecular formula is C19H22BrN5O3S. The molecule has 8 nitrogen and oxygen atoms in total.